The molecule has 1 aromatic heterocycles. The van der Waals surface area contributed by atoms with Crippen molar-refractivity contribution in [2.24, 2.45) is 7.05 Å². The fourth-order valence-corrected chi connectivity index (χ4v) is 2.85. The molecule has 0 bridgehead atoms. The van der Waals surface area contributed by atoms with Crippen molar-refractivity contribution in [2.75, 3.05) is 19.6 Å². The van der Waals surface area contributed by atoms with E-state index in [1.807, 2.05) is 22.7 Å². The molecule has 2 heterocycles. The van der Waals surface area contributed by atoms with Crippen molar-refractivity contribution >= 4 is 17.5 Å². The summed E-state index contributed by atoms with van der Waals surface area (Å²) in [6.07, 6.45) is 3.65. The number of halogens is 1. The van der Waals surface area contributed by atoms with Crippen molar-refractivity contribution in [1.29, 1.82) is 0 Å². The number of carbonyl (C=O) groups excluding carboxylic acids is 1. The highest BCUT2D eigenvalue weighted by atomic mass is 35.5. The predicted molar refractivity (Wildman–Crippen MR) is 81.3 cm³/mol. The van der Waals surface area contributed by atoms with Gasteiger partial charge in [0.2, 0.25) is 0 Å². The molecule has 1 N–H and O–H groups in total. The first-order valence-electron chi connectivity index (χ1n) is 6.91. The second-order valence-corrected chi connectivity index (χ2v) is 5.56. The molecule has 1 amide bonds. The van der Waals surface area contributed by atoms with E-state index >= 15 is 0 Å². The van der Waals surface area contributed by atoms with Gasteiger partial charge in [0.1, 0.15) is 11.9 Å². The number of benzene rings is 1. The largest absolute Gasteiger partial charge is 0.336 e. The summed E-state index contributed by atoms with van der Waals surface area (Å²) in [5, 5.41) is 3.90. The molecule has 1 atom stereocenters. The zero-order valence-electron chi connectivity index (χ0n) is 11.8. The van der Waals surface area contributed by atoms with E-state index in [4.69, 9.17) is 11.6 Å². The highest BCUT2D eigenvalue weighted by Gasteiger charge is 2.30. The van der Waals surface area contributed by atoms with E-state index in [0.29, 0.717) is 23.7 Å². The van der Waals surface area contributed by atoms with Crippen molar-refractivity contribution in [3.8, 4) is 0 Å². The Morgan fingerprint density at radius 1 is 1.48 bits per heavy atom. The number of amides is 1. The molecule has 5 nitrogen and oxygen atoms in total. The van der Waals surface area contributed by atoms with E-state index in [1.54, 1.807) is 30.5 Å². The number of nitrogens with one attached hydrogen (secondary N) is 1. The molecule has 1 aromatic carbocycles. The number of piperazine rings is 1. The molecule has 0 spiro atoms. The lowest BCUT2D eigenvalue weighted by atomic mass is 10.1. The van der Waals surface area contributed by atoms with Crippen LogP contribution in [0.2, 0.25) is 5.02 Å². The van der Waals surface area contributed by atoms with Gasteiger partial charge in [0.25, 0.3) is 5.91 Å². The fourth-order valence-electron chi connectivity index (χ4n) is 2.66. The molecule has 1 fully saturated rings. The standard InChI is InChI=1S/C15H17ClN4O/c1-19-7-6-18-14(19)13-10-17-5-8-20(13)15(21)11-3-2-4-12(16)9-11/h2-4,6-7,9,13,17H,5,8,10H2,1H3. The molecule has 6 heteroatoms. The molecule has 0 aliphatic carbocycles. The number of aromatic nitrogens is 2. The lowest BCUT2D eigenvalue weighted by molar-refractivity contribution is 0.0621. The van der Waals surface area contributed by atoms with Crippen LogP contribution in [0, 0.1) is 0 Å². The maximum Gasteiger partial charge on any atom is 0.254 e. The Labute approximate surface area is 128 Å². The lowest BCUT2D eigenvalue weighted by Gasteiger charge is -2.35. The Bertz CT molecular complexity index is 655. The number of rotatable bonds is 2. The Hall–Kier alpha value is -1.85. The second-order valence-electron chi connectivity index (χ2n) is 5.13. The summed E-state index contributed by atoms with van der Waals surface area (Å²) in [5.74, 6) is 0.879. The van der Waals surface area contributed by atoms with E-state index in [-0.39, 0.29) is 11.9 Å². The van der Waals surface area contributed by atoms with Crippen molar-refractivity contribution in [1.82, 2.24) is 19.8 Å². The zero-order valence-corrected chi connectivity index (χ0v) is 12.5. The van der Waals surface area contributed by atoms with Crippen LogP contribution < -0.4 is 5.32 Å². The number of nitrogens with zero attached hydrogens (tertiary/aromatic N) is 3. The minimum absolute atomic E-state index is 0.00741. The molecule has 0 saturated carbocycles. The number of imidazole rings is 1. The minimum Gasteiger partial charge on any atom is -0.336 e. The Balaban J connectivity index is 1.91. The smallest absolute Gasteiger partial charge is 0.254 e. The SMILES string of the molecule is Cn1ccnc1C1CNCCN1C(=O)c1cccc(Cl)c1. The van der Waals surface area contributed by atoms with Gasteiger partial charge < -0.3 is 14.8 Å². The van der Waals surface area contributed by atoms with Crippen LogP contribution in [0.3, 0.4) is 0 Å². The summed E-state index contributed by atoms with van der Waals surface area (Å²) in [7, 11) is 1.94. The molecule has 1 unspecified atom stereocenters. The molecule has 0 radical (unpaired) electrons. The predicted octanol–water partition coefficient (Wildman–Crippen LogP) is 1.86. The third-order valence-electron chi connectivity index (χ3n) is 3.73. The minimum atomic E-state index is -0.0646. The lowest BCUT2D eigenvalue weighted by Crippen LogP contribution is -2.49. The fraction of sp³-hybridized carbons (Fsp3) is 0.333. The molecule has 1 saturated heterocycles. The summed E-state index contributed by atoms with van der Waals surface area (Å²) in [6, 6.07) is 7.01. The van der Waals surface area contributed by atoms with Crippen LogP contribution in [-0.4, -0.2) is 40.0 Å². The molecule has 21 heavy (non-hydrogen) atoms. The van der Waals surface area contributed by atoms with E-state index < -0.39 is 0 Å². The highest BCUT2D eigenvalue weighted by molar-refractivity contribution is 6.30. The third-order valence-corrected chi connectivity index (χ3v) is 3.97. The van der Waals surface area contributed by atoms with Gasteiger partial charge >= 0.3 is 0 Å². The summed E-state index contributed by atoms with van der Waals surface area (Å²) in [6.45, 7) is 2.15. The van der Waals surface area contributed by atoms with Crippen LogP contribution in [0.25, 0.3) is 0 Å². The van der Waals surface area contributed by atoms with Crippen molar-refractivity contribution in [3.05, 3.63) is 53.1 Å². The van der Waals surface area contributed by atoms with Gasteiger partial charge in [0.05, 0.1) is 0 Å². The highest BCUT2D eigenvalue weighted by Crippen LogP contribution is 2.23. The first kappa shape index (κ1) is 14.1. The summed E-state index contributed by atoms with van der Waals surface area (Å²) in [5.41, 5.74) is 0.614. The molecule has 1 aliphatic heterocycles. The van der Waals surface area contributed by atoms with E-state index in [1.165, 1.54) is 0 Å². The average Bonchev–Trinajstić information content (AvgIpc) is 2.92. The maximum atomic E-state index is 12.8. The molecule has 110 valence electrons. The van der Waals surface area contributed by atoms with Gasteiger partial charge in [-0.15, -0.1) is 0 Å². The first-order valence-corrected chi connectivity index (χ1v) is 7.29. The van der Waals surface area contributed by atoms with E-state index in [2.05, 4.69) is 10.3 Å². The van der Waals surface area contributed by atoms with Gasteiger partial charge in [0, 0.05) is 49.7 Å². The number of aryl methyl sites for hydroxylation is 1. The number of carbonyl (C=O) groups is 1. The average molecular weight is 305 g/mol. The Morgan fingerprint density at radius 3 is 3.05 bits per heavy atom. The summed E-state index contributed by atoms with van der Waals surface area (Å²) < 4.78 is 1.95. The molecule has 3 rings (SSSR count). The summed E-state index contributed by atoms with van der Waals surface area (Å²) in [4.78, 5) is 19.0. The normalized spacial score (nSPS) is 18.8. The van der Waals surface area contributed by atoms with Crippen LogP contribution >= 0.6 is 11.6 Å². The third kappa shape index (κ3) is 2.80. The Morgan fingerprint density at radius 2 is 2.33 bits per heavy atom. The first-order chi connectivity index (χ1) is 10.2. The van der Waals surface area contributed by atoms with E-state index in [0.717, 1.165) is 12.4 Å². The van der Waals surface area contributed by atoms with Crippen LogP contribution in [0.5, 0.6) is 0 Å². The number of hydrogen-bond acceptors (Lipinski definition) is 3. The van der Waals surface area contributed by atoms with Crippen molar-refractivity contribution in [3.63, 3.8) is 0 Å². The van der Waals surface area contributed by atoms with Crippen molar-refractivity contribution in [2.45, 2.75) is 6.04 Å². The summed E-state index contributed by atoms with van der Waals surface area (Å²) >= 11 is 5.99. The van der Waals surface area contributed by atoms with Gasteiger partial charge in [-0.1, -0.05) is 17.7 Å². The Kier molecular flexibility index (Phi) is 3.94. The van der Waals surface area contributed by atoms with Crippen LogP contribution in [0.1, 0.15) is 22.2 Å². The van der Waals surface area contributed by atoms with E-state index in [9.17, 15) is 4.79 Å². The molecular weight excluding hydrogens is 288 g/mol. The van der Waals surface area contributed by atoms with Crippen molar-refractivity contribution < 1.29 is 4.79 Å². The van der Waals surface area contributed by atoms with Crippen LogP contribution in [0.4, 0.5) is 0 Å². The maximum absolute atomic E-state index is 12.8. The van der Waals surface area contributed by atoms with Crippen LogP contribution in [0.15, 0.2) is 36.7 Å². The monoisotopic (exact) mass is 304 g/mol. The van der Waals surface area contributed by atoms with Crippen LogP contribution in [-0.2, 0) is 7.05 Å². The van der Waals surface area contributed by atoms with Gasteiger partial charge in [0.15, 0.2) is 0 Å². The molecular formula is C15H17ClN4O. The zero-order chi connectivity index (χ0) is 14.8. The topological polar surface area (TPSA) is 50.2 Å². The number of hydrogen-bond donors (Lipinski definition) is 1. The van der Waals surface area contributed by atoms with Gasteiger partial charge in [-0.05, 0) is 18.2 Å². The second kappa shape index (κ2) is 5.87. The van der Waals surface area contributed by atoms with Gasteiger partial charge in [-0.2, -0.15) is 0 Å². The van der Waals surface area contributed by atoms with Gasteiger partial charge in [-0.3, -0.25) is 4.79 Å². The molecule has 2 aromatic rings. The van der Waals surface area contributed by atoms with Gasteiger partial charge in [-0.25, -0.2) is 4.98 Å². The quantitative estimate of drug-likeness (QED) is 0.921. The molecule has 1 aliphatic rings.